The molecule has 0 aromatic carbocycles. The molecule has 0 bridgehead atoms. The summed E-state index contributed by atoms with van der Waals surface area (Å²) in [5, 5.41) is 0. The molecule has 1 aliphatic carbocycles. The van der Waals surface area contributed by atoms with E-state index in [1.165, 1.54) is 25.5 Å². The second-order valence-electron chi connectivity index (χ2n) is 6.60. The van der Waals surface area contributed by atoms with Gasteiger partial charge >= 0.3 is 0 Å². The van der Waals surface area contributed by atoms with E-state index >= 15 is 0 Å². The largest absolute Gasteiger partial charge is 0.303 e. The Bertz CT molecular complexity index is 274. The zero-order chi connectivity index (χ0) is 13.2. The van der Waals surface area contributed by atoms with E-state index < -0.39 is 0 Å². The first kappa shape index (κ1) is 14.0. The molecular formula is C15H28N2O. The van der Waals surface area contributed by atoms with Crippen molar-refractivity contribution in [2.75, 3.05) is 26.7 Å². The van der Waals surface area contributed by atoms with Gasteiger partial charge in [0, 0.05) is 37.1 Å². The summed E-state index contributed by atoms with van der Waals surface area (Å²) in [7, 11) is 2.21. The van der Waals surface area contributed by atoms with Crippen molar-refractivity contribution in [2.24, 2.45) is 5.41 Å². The highest BCUT2D eigenvalue weighted by atomic mass is 16.1. The number of hydrogen-bond acceptors (Lipinski definition) is 3. The maximum atomic E-state index is 11.5. The summed E-state index contributed by atoms with van der Waals surface area (Å²) in [6.45, 7) is 7.78. The van der Waals surface area contributed by atoms with Gasteiger partial charge in [-0.05, 0) is 33.7 Å². The van der Waals surface area contributed by atoms with Crippen LogP contribution in [0.3, 0.4) is 0 Å². The third-order valence-electron chi connectivity index (χ3n) is 5.07. The van der Waals surface area contributed by atoms with Crippen molar-refractivity contribution >= 4 is 6.29 Å². The van der Waals surface area contributed by atoms with Gasteiger partial charge in [-0.3, -0.25) is 9.80 Å². The normalized spacial score (nSPS) is 34.4. The molecule has 0 spiro atoms. The Kier molecular flexibility index (Phi) is 4.44. The Morgan fingerprint density at radius 2 is 1.67 bits per heavy atom. The number of rotatable bonds is 3. The van der Waals surface area contributed by atoms with Gasteiger partial charge < -0.3 is 4.79 Å². The van der Waals surface area contributed by atoms with Gasteiger partial charge in [0.15, 0.2) is 0 Å². The molecule has 0 aromatic heterocycles. The van der Waals surface area contributed by atoms with E-state index in [1.807, 2.05) is 0 Å². The lowest BCUT2D eigenvalue weighted by Crippen LogP contribution is -2.57. The predicted molar refractivity (Wildman–Crippen MR) is 74.7 cm³/mol. The Balaban J connectivity index is 1.97. The van der Waals surface area contributed by atoms with Crippen LogP contribution in [-0.4, -0.2) is 54.9 Å². The summed E-state index contributed by atoms with van der Waals surface area (Å²) >= 11 is 0. The Morgan fingerprint density at radius 3 is 2.17 bits per heavy atom. The van der Waals surface area contributed by atoms with E-state index in [9.17, 15) is 4.79 Å². The monoisotopic (exact) mass is 252 g/mol. The van der Waals surface area contributed by atoms with Crippen molar-refractivity contribution in [3.63, 3.8) is 0 Å². The molecule has 2 fully saturated rings. The molecular weight excluding hydrogens is 224 g/mol. The molecule has 1 saturated carbocycles. The average molecular weight is 252 g/mol. The molecule has 2 atom stereocenters. The molecule has 0 N–H and O–H groups in total. The van der Waals surface area contributed by atoms with Crippen LogP contribution in [0.1, 0.15) is 46.0 Å². The fourth-order valence-electron chi connectivity index (χ4n) is 3.66. The van der Waals surface area contributed by atoms with Crippen LogP contribution >= 0.6 is 0 Å². The van der Waals surface area contributed by atoms with Gasteiger partial charge in [-0.1, -0.05) is 19.3 Å². The zero-order valence-corrected chi connectivity index (χ0v) is 12.2. The molecule has 1 saturated heterocycles. The second kappa shape index (κ2) is 5.70. The first-order valence-electron chi connectivity index (χ1n) is 7.47. The molecule has 3 heteroatoms. The minimum Gasteiger partial charge on any atom is -0.303 e. The van der Waals surface area contributed by atoms with Crippen LogP contribution in [0.5, 0.6) is 0 Å². The molecule has 3 nitrogen and oxygen atoms in total. The highest BCUT2D eigenvalue weighted by Crippen LogP contribution is 2.35. The Morgan fingerprint density at radius 1 is 1.11 bits per heavy atom. The summed E-state index contributed by atoms with van der Waals surface area (Å²) < 4.78 is 0. The predicted octanol–water partition coefficient (Wildman–Crippen LogP) is 2.16. The van der Waals surface area contributed by atoms with Gasteiger partial charge in [-0.15, -0.1) is 0 Å². The summed E-state index contributed by atoms with van der Waals surface area (Å²) in [5.41, 5.74) is -0.0341. The number of likely N-dealkylation sites (N-methyl/N-ethyl adjacent to an activating group) is 1. The van der Waals surface area contributed by atoms with Crippen molar-refractivity contribution in [3.8, 4) is 0 Å². The minimum atomic E-state index is -0.0341. The van der Waals surface area contributed by atoms with Crippen LogP contribution in [0.4, 0.5) is 0 Å². The smallest absolute Gasteiger partial charge is 0.127 e. The van der Waals surface area contributed by atoms with Crippen LogP contribution in [0.2, 0.25) is 0 Å². The van der Waals surface area contributed by atoms with E-state index in [4.69, 9.17) is 0 Å². The quantitative estimate of drug-likeness (QED) is 0.719. The number of piperazine rings is 1. The van der Waals surface area contributed by atoms with Crippen molar-refractivity contribution in [1.29, 1.82) is 0 Å². The molecule has 1 heterocycles. The van der Waals surface area contributed by atoms with Crippen molar-refractivity contribution in [2.45, 2.75) is 58.0 Å². The van der Waals surface area contributed by atoms with Crippen molar-refractivity contribution < 1.29 is 4.79 Å². The SMILES string of the molecule is CC1CN(CC2(C=O)CCCCC2)CC(C)N1C. The number of carbonyl (C=O) groups is 1. The van der Waals surface area contributed by atoms with E-state index in [0.29, 0.717) is 12.1 Å². The lowest BCUT2D eigenvalue weighted by atomic mass is 9.74. The van der Waals surface area contributed by atoms with Gasteiger partial charge in [-0.25, -0.2) is 0 Å². The number of hydrogen-bond donors (Lipinski definition) is 0. The molecule has 104 valence electrons. The second-order valence-corrected chi connectivity index (χ2v) is 6.60. The first-order valence-corrected chi connectivity index (χ1v) is 7.47. The minimum absolute atomic E-state index is 0.0341. The number of carbonyl (C=O) groups excluding carboxylic acids is 1. The van der Waals surface area contributed by atoms with Crippen LogP contribution < -0.4 is 0 Å². The maximum Gasteiger partial charge on any atom is 0.127 e. The molecule has 0 aromatic rings. The van der Waals surface area contributed by atoms with Gasteiger partial charge in [0.2, 0.25) is 0 Å². The summed E-state index contributed by atoms with van der Waals surface area (Å²) in [4.78, 5) is 16.5. The Hall–Kier alpha value is -0.410. The first-order chi connectivity index (χ1) is 8.56. The van der Waals surface area contributed by atoms with Crippen LogP contribution in [0, 0.1) is 5.41 Å². The van der Waals surface area contributed by atoms with Crippen LogP contribution in [0.25, 0.3) is 0 Å². The summed E-state index contributed by atoms with van der Waals surface area (Å²) in [6.07, 6.45) is 7.25. The van der Waals surface area contributed by atoms with E-state index in [0.717, 1.165) is 32.5 Å². The fraction of sp³-hybridized carbons (Fsp3) is 0.933. The molecule has 2 aliphatic rings. The van der Waals surface area contributed by atoms with Gasteiger partial charge in [0.05, 0.1) is 0 Å². The van der Waals surface area contributed by atoms with Crippen LogP contribution in [0.15, 0.2) is 0 Å². The highest BCUT2D eigenvalue weighted by molar-refractivity contribution is 5.60. The van der Waals surface area contributed by atoms with Gasteiger partial charge in [-0.2, -0.15) is 0 Å². The van der Waals surface area contributed by atoms with E-state index in [2.05, 4.69) is 30.7 Å². The molecule has 1 aliphatic heterocycles. The third-order valence-corrected chi connectivity index (χ3v) is 5.07. The maximum absolute atomic E-state index is 11.5. The van der Waals surface area contributed by atoms with Crippen LogP contribution in [-0.2, 0) is 4.79 Å². The standard InChI is InChI=1S/C15H28N2O/c1-13-9-17(10-14(2)16(13)3)11-15(12-18)7-5-4-6-8-15/h12-14H,4-11H2,1-3H3. The zero-order valence-electron chi connectivity index (χ0n) is 12.2. The van der Waals surface area contributed by atoms with Gasteiger partial charge in [0.1, 0.15) is 6.29 Å². The lowest BCUT2D eigenvalue weighted by molar-refractivity contribution is -0.120. The topological polar surface area (TPSA) is 23.6 Å². The molecule has 18 heavy (non-hydrogen) atoms. The fourth-order valence-corrected chi connectivity index (χ4v) is 3.66. The summed E-state index contributed by atoms with van der Waals surface area (Å²) in [5.74, 6) is 0. The summed E-state index contributed by atoms with van der Waals surface area (Å²) in [6, 6.07) is 1.20. The van der Waals surface area contributed by atoms with E-state index in [1.54, 1.807) is 0 Å². The lowest BCUT2D eigenvalue weighted by Gasteiger charge is -2.46. The van der Waals surface area contributed by atoms with Crippen molar-refractivity contribution in [1.82, 2.24) is 9.80 Å². The molecule has 0 radical (unpaired) electrons. The highest BCUT2D eigenvalue weighted by Gasteiger charge is 2.36. The molecule has 0 amide bonds. The average Bonchev–Trinajstić information content (AvgIpc) is 2.37. The van der Waals surface area contributed by atoms with Crippen molar-refractivity contribution in [3.05, 3.63) is 0 Å². The van der Waals surface area contributed by atoms with E-state index in [-0.39, 0.29) is 5.41 Å². The Labute approximate surface area is 112 Å². The number of nitrogens with zero attached hydrogens (tertiary/aromatic N) is 2. The molecule has 2 unspecified atom stereocenters. The third kappa shape index (κ3) is 2.94. The number of aldehydes is 1. The van der Waals surface area contributed by atoms with Gasteiger partial charge in [0.25, 0.3) is 0 Å². The molecule has 2 rings (SSSR count).